The molecule has 1 saturated heterocycles. The molecule has 8 rings (SSSR count). The van der Waals surface area contributed by atoms with Gasteiger partial charge in [0.25, 0.3) is 5.91 Å². The molecule has 2 aliphatic rings. The predicted molar refractivity (Wildman–Crippen MR) is 235 cm³/mol. The largest absolute Gasteiger partial charge is 0.494 e. The Hall–Kier alpha value is -4.81. The van der Waals surface area contributed by atoms with Crippen LogP contribution in [0.5, 0.6) is 5.75 Å². The molecule has 0 bridgehead atoms. The number of aryl methyl sites for hydroxylation is 6. The third-order valence-electron chi connectivity index (χ3n) is 12.5. The SMILES string of the molecule is COC1CCN(Cc2ccc3c(c2)c(N2C[C@@H](C)n4c(c(CCCOc5cc(C)c(Cl)c(C)c5)c5ccc(Cl)c(-c6c(C)nn(C)c6C)c54)C2=O)c(C(=O)O)n3C)CC1. The number of rotatable bonds is 11. The highest BCUT2D eigenvalue weighted by Gasteiger charge is 2.40. The fraction of sp³-hybridized carbons (Fsp3) is 0.413. The summed E-state index contributed by atoms with van der Waals surface area (Å²) < 4.78 is 17.6. The Morgan fingerprint density at radius 3 is 2.32 bits per heavy atom. The van der Waals surface area contributed by atoms with Gasteiger partial charge < -0.3 is 28.6 Å². The third-order valence-corrected chi connectivity index (χ3v) is 13.5. The molecule has 5 heterocycles. The number of benzene rings is 3. The fourth-order valence-electron chi connectivity index (χ4n) is 9.57. The van der Waals surface area contributed by atoms with Crippen molar-refractivity contribution in [3.8, 4) is 16.9 Å². The van der Waals surface area contributed by atoms with Gasteiger partial charge in [0.1, 0.15) is 11.4 Å². The lowest BCUT2D eigenvalue weighted by Gasteiger charge is -2.34. The number of ether oxygens (including phenoxy) is 2. The lowest BCUT2D eigenvalue weighted by atomic mass is 9.98. The number of carbonyl (C=O) groups excluding carboxylic acids is 1. The lowest BCUT2D eigenvalue weighted by molar-refractivity contribution is 0.0389. The Balaban J connectivity index is 1.25. The van der Waals surface area contributed by atoms with Gasteiger partial charge in [0, 0.05) is 86.0 Å². The first kappa shape index (κ1) is 40.9. The minimum atomic E-state index is -1.09. The Morgan fingerprint density at radius 2 is 1.68 bits per heavy atom. The van der Waals surface area contributed by atoms with Crippen molar-refractivity contribution in [3.63, 3.8) is 0 Å². The van der Waals surface area contributed by atoms with Crippen LogP contribution in [0.2, 0.25) is 10.0 Å². The van der Waals surface area contributed by atoms with Crippen LogP contribution in [-0.4, -0.2) is 80.3 Å². The number of carbonyl (C=O) groups is 2. The van der Waals surface area contributed by atoms with E-state index in [9.17, 15) is 9.90 Å². The third kappa shape index (κ3) is 7.09. The average Bonchev–Trinajstić information content (AvgIpc) is 3.79. The van der Waals surface area contributed by atoms with Gasteiger partial charge in [-0.15, -0.1) is 0 Å². The van der Waals surface area contributed by atoms with Crippen LogP contribution in [-0.2, 0) is 31.8 Å². The number of carboxylic acids is 1. The highest BCUT2D eigenvalue weighted by Crippen LogP contribution is 2.46. The van der Waals surface area contributed by atoms with Crippen LogP contribution in [0.1, 0.15) is 86.8 Å². The van der Waals surface area contributed by atoms with E-state index >= 15 is 4.79 Å². The summed E-state index contributed by atoms with van der Waals surface area (Å²) in [6.45, 7) is 13.3. The summed E-state index contributed by atoms with van der Waals surface area (Å²) in [6.07, 6.45) is 3.36. The number of amides is 1. The number of anilines is 1. The number of aromatic carboxylic acids is 1. The van der Waals surface area contributed by atoms with Gasteiger partial charge in [0.05, 0.1) is 40.1 Å². The lowest BCUT2D eigenvalue weighted by Crippen LogP contribution is -2.43. The predicted octanol–water partition coefficient (Wildman–Crippen LogP) is 9.62. The van der Waals surface area contributed by atoms with Gasteiger partial charge in [0.2, 0.25) is 0 Å². The van der Waals surface area contributed by atoms with Gasteiger partial charge in [-0.05, 0) is 113 Å². The molecule has 1 atom stereocenters. The van der Waals surface area contributed by atoms with Crippen molar-refractivity contribution in [3.05, 3.63) is 97.5 Å². The van der Waals surface area contributed by atoms with Crippen LogP contribution in [0.4, 0.5) is 5.69 Å². The molecule has 1 fully saturated rings. The number of nitrogens with zero attached hydrogens (tertiary/aromatic N) is 6. The summed E-state index contributed by atoms with van der Waals surface area (Å²) in [5.74, 6) is -0.588. The molecule has 0 radical (unpaired) electrons. The Kier molecular flexibility index (Phi) is 11.1. The number of hydrogen-bond donors (Lipinski definition) is 1. The second-order valence-corrected chi connectivity index (χ2v) is 17.2. The van der Waals surface area contributed by atoms with Crippen LogP contribution < -0.4 is 9.64 Å². The monoisotopic (exact) mass is 838 g/mol. The number of halogens is 2. The Morgan fingerprint density at radius 1 is 0.966 bits per heavy atom. The van der Waals surface area contributed by atoms with E-state index in [1.54, 1.807) is 23.6 Å². The fourth-order valence-corrected chi connectivity index (χ4v) is 9.93. The number of fused-ring (bicyclic) bond motifs is 4. The first-order valence-electron chi connectivity index (χ1n) is 20.4. The molecule has 11 nitrogen and oxygen atoms in total. The van der Waals surface area contributed by atoms with Crippen LogP contribution in [0.3, 0.4) is 0 Å². The Labute approximate surface area is 355 Å². The molecule has 6 aromatic rings. The average molecular weight is 840 g/mol. The smallest absolute Gasteiger partial charge is 0.354 e. The van der Waals surface area contributed by atoms with E-state index < -0.39 is 5.97 Å². The minimum absolute atomic E-state index is 0.0806. The summed E-state index contributed by atoms with van der Waals surface area (Å²) in [4.78, 5) is 32.8. The van der Waals surface area contributed by atoms with Crippen molar-refractivity contribution in [1.29, 1.82) is 0 Å². The van der Waals surface area contributed by atoms with E-state index in [4.69, 9.17) is 37.8 Å². The maximum Gasteiger partial charge on any atom is 0.354 e. The molecule has 1 amide bonds. The maximum atomic E-state index is 15.5. The molecule has 310 valence electrons. The molecule has 0 aliphatic carbocycles. The number of piperidine rings is 1. The van der Waals surface area contributed by atoms with E-state index in [2.05, 4.69) is 28.5 Å². The Bertz CT molecular complexity index is 2630. The zero-order valence-corrected chi connectivity index (χ0v) is 36.6. The molecule has 3 aromatic carbocycles. The molecule has 13 heteroatoms. The first-order chi connectivity index (χ1) is 28.2. The number of likely N-dealkylation sites (tertiary alicyclic amines) is 1. The van der Waals surface area contributed by atoms with Crippen LogP contribution >= 0.6 is 23.2 Å². The summed E-state index contributed by atoms with van der Waals surface area (Å²) in [5.41, 5.74) is 10.1. The maximum absolute atomic E-state index is 15.5. The highest BCUT2D eigenvalue weighted by molar-refractivity contribution is 6.35. The first-order valence-corrected chi connectivity index (χ1v) is 21.1. The zero-order valence-electron chi connectivity index (χ0n) is 35.1. The van der Waals surface area contributed by atoms with E-state index in [1.165, 1.54) is 0 Å². The van der Waals surface area contributed by atoms with Gasteiger partial charge in [-0.25, -0.2) is 4.79 Å². The van der Waals surface area contributed by atoms with E-state index in [0.29, 0.717) is 35.9 Å². The topological polar surface area (TPSA) is 107 Å². The van der Waals surface area contributed by atoms with Crippen LogP contribution in [0.15, 0.2) is 42.5 Å². The molecule has 0 unspecified atom stereocenters. The molecule has 0 spiro atoms. The highest BCUT2D eigenvalue weighted by atomic mass is 35.5. The summed E-state index contributed by atoms with van der Waals surface area (Å²) in [7, 11) is 5.46. The van der Waals surface area contributed by atoms with Crippen molar-refractivity contribution in [2.24, 2.45) is 14.1 Å². The van der Waals surface area contributed by atoms with E-state index in [0.717, 1.165) is 110 Å². The quantitative estimate of drug-likeness (QED) is 0.130. The molecule has 1 N–H and O–H groups in total. The minimum Gasteiger partial charge on any atom is -0.494 e. The summed E-state index contributed by atoms with van der Waals surface area (Å²) in [6, 6.07) is 13.7. The van der Waals surface area contributed by atoms with Crippen molar-refractivity contribution in [2.45, 2.75) is 79.0 Å². The number of aromatic nitrogens is 4. The molecular weight excluding hydrogens is 787 g/mol. The molecular formula is C46H52Cl2N6O5. The second kappa shape index (κ2) is 16.0. The normalized spacial score (nSPS) is 16.5. The van der Waals surface area contributed by atoms with Crippen molar-refractivity contribution < 1.29 is 24.2 Å². The second-order valence-electron chi connectivity index (χ2n) is 16.4. The molecule has 3 aromatic heterocycles. The van der Waals surface area contributed by atoms with Gasteiger partial charge in [0.15, 0.2) is 5.69 Å². The van der Waals surface area contributed by atoms with Crippen LogP contribution in [0, 0.1) is 27.7 Å². The van der Waals surface area contributed by atoms with Crippen molar-refractivity contribution in [2.75, 3.05) is 38.3 Å². The number of carboxylic acid groups (broad SMARTS) is 1. The molecule has 0 saturated carbocycles. The van der Waals surface area contributed by atoms with Crippen molar-refractivity contribution in [1.82, 2.24) is 23.8 Å². The van der Waals surface area contributed by atoms with Gasteiger partial charge in [-0.1, -0.05) is 35.3 Å². The van der Waals surface area contributed by atoms with E-state index in [1.807, 2.05) is 69.8 Å². The van der Waals surface area contributed by atoms with Crippen LogP contribution in [0.25, 0.3) is 32.9 Å². The summed E-state index contributed by atoms with van der Waals surface area (Å²) >= 11 is 13.6. The molecule has 2 aliphatic heterocycles. The van der Waals surface area contributed by atoms with E-state index in [-0.39, 0.29) is 30.3 Å². The molecule has 59 heavy (non-hydrogen) atoms. The summed E-state index contributed by atoms with van der Waals surface area (Å²) in [5, 5.41) is 18.5. The number of methoxy groups -OCH3 is 1. The standard InChI is InChI=1S/C46H52Cl2N6O5/c1-25-20-32(21-26(2)40(25)48)59-19-9-10-33-34-12-13-36(47)39(38-28(4)49-51(7)29(38)5)41(34)54-27(3)23-53(45(55)43(33)54)42-35-22-30(24-52-17-15-31(58-8)16-18-52)11-14-37(35)50(6)44(42)46(56)57/h11-14,20-22,27,31H,9-10,15-19,23-24H2,1-8H3,(H,56,57)/t27-/m1/s1. The van der Waals surface area contributed by atoms with Gasteiger partial charge in [-0.2, -0.15) is 5.10 Å². The van der Waals surface area contributed by atoms with Gasteiger partial charge >= 0.3 is 5.97 Å². The van der Waals surface area contributed by atoms with Crippen molar-refractivity contribution >= 4 is 62.6 Å². The van der Waals surface area contributed by atoms with Gasteiger partial charge in [-0.3, -0.25) is 14.4 Å². The number of hydrogen-bond acceptors (Lipinski definition) is 6. The zero-order chi connectivity index (χ0) is 42.0.